The number of carbonyl (C=O) groups is 1. The van der Waals surface area contributed by atoms with E-state index in [-0.39, 0.29) is 11.9 Å². The number of rotatable bonds is 3. The summed E-state index contributed by atoms with van der Waals surface area (Å²) < 4.78 is 0. The topological polar surface area (TPSA) is 52.9 Å². The molecule has 0 aliphatic rings. The Balaban J connectivity index is 2.17. The molecule has 1 amide bonds. The zero-order chi connectivity index (χ0) is 15.4. The maximum absolute atomic E-state index is 12.3. The van der Waals surface area contributed by atoms with Crippen LogP contribution in [0, 0.1) is 25.2 Å². The van der Waals surface area contributed by atoms with Crippen LogP contribution >= 0.6 is 0 Å². The lowest BCUT2D eigenvalue weighted by Gasteiger charge is -2.17. The number of benzene rings is 2. The minimum absolute atomic E-state index is 0.0798. The van der Waals surface area contributed by atoms with Crippen LogP contribution in [-0.2, 0) is 0 Å². The third-order valence-corrected chi connectivity index (χ3v) is 3.49. The lowest BCUT2D eigenvalue weighted by molar-refractivity contribution is 0.0940. The van der Waals surface area contributed by atoms with Gasteiger partial charge in [-0.05, 0) is 50.1 Å². The molecule has 0 radical (unpaired) electrons. The van der Waals surface area contributed by atoms with Crippen molar-refractivity contribution in [1.82, 2.24) is 5.32 Å². The monoisotopic (exact) mass is 278 g/mol. The van der Waals surface area contributed by atoms with Gasteiger partial charge in [0, 0.05) is 5.56 Å². The van der Waals surface area contributed by atoms with E-state index in [4.69, 9.17) is 5.26 Å². The molecule has 0 aliphatic carbocycles. The van der Waals surface area contributed by atoms with Crippen LogP contribution < -0.4 is 5.32 Å². The summed E-state index contributed by atoms with van der Waals surface area (Å²) in [6, 6.07) is 14.9. The van der Waals surface area contributed by atoms with Crippen molar-refractivity contribution >= 4 is 5.91 Å². The van der Waals surface area contributed by atoms with Gasteiger partial charge in [0.15, 0.2) is 0 Å². The Morgan fingerprint density at radius 1 is 1.19 bits per heavy atom. The number of nitrogens with zero attached hydrogens (tertiary/aromatic N) is 1. The van der Waals surface area contributed by atoms with Crippen LogP contribution in [0.15, 0.2) is 42.5 Å². The standard InChI is InChI=1S/C18H18N2O/c1-12-7-8-17(13(2)9-12)14(3)20-18(21)16-6-4-5-15(10-16)11-19/h4-10,14H,1-3H3,(H,20,21)/t14-/m0/s1. The molecule has 3 heteroatoms. The Kier molecular flexibility index (Phi) is 4.39. The molecule has 1 atom stereocenters. The molecular formula is C18H18N2O. The molecule has 2 aromatic carbocycles. The van der Waals surface area contributed by atoms with Crippen molar-refractivity contribution in [2.45, 2.75) is 26.8 Å². The van der Waals surface area contributed by atoms with Crippen LogP contribution in [0.4, 0.5) is 0 Å². The van der Waals surface area contributed by atoms with E-state index in [1.807, 2.05) is 39.0 Å². The molecule has 2 aromatic rings. The van der Waals surface area contributed by atoms with E-state index in [2.05, 4.69) is 11.4 Å². The first-order valence-electron chi connectivity index (χ1n) is 6.89. The maximum atomic E-state index is 12.3. The van der Waals surface area contributed by atoms with Gasteiger partial charge in [0.25, 0.3) is 5.91 Å². The zero-order valence-corrected chi connectivity index (χ0v) is 12.5. The number of amides is 1. The highest BCUT2D eigenvalue weighted by atomic mass is 16.1. The maximum Gasteiger partial charge on any atom is 0.251 e. The van der Waals surface area contributed by atoms with Gasteiger partial charge in [-0.1, -0.05) is 29.8 Å². The van der Waals surface area contributed by atoms with Crippen molar-refractivity contribution < 1.29 is 4.79 Å². The van der Waals surface area contributed by atoms with E-state index in [1.165, 1.54) is 5.56 Å². The van der Waals surface area contributed by atoms with Crippen LogP contribution in [0.3, 0.4) is 0 Å². The highest BCUT2D eigenvalue weighted by molar-refractivity contribution is 5.94. The van der Waals surface area contributed by atoms with E-state index in [0.717, 1.165) is 11.1 Å². The summed E-state index contributed by atoms with van der Waals surface area (Å²) in [5.41, 5.74) is 4.46. The van der Waals surface area contributed by atoms with Crippen molar-refractivity contribution in [3.05, 3.63) is 70.3 Å². The number of aryl methyl sites for hydroxylation is 2. The van der Waals surface area contributed by atoms with E-state index in [9.17, 15) is 4.79 Å². The summed E-state index contributed by atoms with van der Waals surface area (Å²) >= 11 is 0. The Hall–Kier alpha value is -2.60. The number of carbonyl (C=O) groups excluding carboxylic acids is 1. The van der Waals surface area contributed by atoms with Crippen molar-refractivity contribution in [1.29, 1.82) is 5.26 Å². The minimum atomic E-state index is -0.167. The molecule has 0 saturated heterocycles. The lowest BCUT2D eigenvalue weighted by atomic mass is 10.00. The van der Waals surface area contributed by atoms with Gasteiger partial charge in [-0.3, -0.25) is 4.79 Å². The smallest absolute Gasteiger partial charge is 0.251 e. The zero-order valence-electron chi connectivity index (χ0n) is 12.5. The Labute approximate surface area is 125 Å². The summed E-state index contributed by atoms with van der Waals surface area (Å²) in [4.78, 5) is 12.3. The van der Waals surface area contributed by atoms with E-state index in [0.29, 0.717) is 11.1 Å². The Morgan fingerprint density at radius 2 is 1.95 bits per heavy atom. The summed E-state index contributed by atoms with van der Waals surface area (Å²) in [5, 5.41) is 11.9. The third kappa shape index (κ3) is 3.49. The van der Waals surface area contributed by atoms with Crippen LogP contribution in [-0.4, -0.2) is 5.91 Å². The van der Waals surface area contributed by atoms with Gasteiger partial charge in [-0.2, -0.15) is 5.26 Å². The van der Waals surface area contributed by atoms with E-state index < -0.39 is 0 Å². The molecule has 0 aromatic heterocycles. The number of hydrogen-bond donors (Lipinski definition) is 1. The van der Waals surface area contributed by atoms with Crippen molar-refractivity contribution in [3.63, 3.8) is 0 Å². The quantitative estimate of drug-likeness (QED) is 0.931. The molecule has 1 N–H and O–H groups in total. The molecule has 3 nitrogen and oxygen atoms in total. The van der Waals surface area contributed by atoms with Gasteiger partial charge in [0.1, 0.15) is 0 Å². The fourth-order valence-electron chi connectivity index (χ4n) is 2.40. The molecule has 21 heavy (non-hydrogen) atoms. The van der Waals surface area contributed by atoms with Crippen LogP contribution in [0.5, 0.6) is 0 Å². The predicted octanol–water partition coefficient (Wildman–Crippen LogP) is 3.67. The second-order valence-electron chi connectivity index (χ2n) is 5.25. The predicted molar refractivity (Wildman–Crippen MR) is 83.0 cm³/mol. The van der Waals surface area contributed by atoms with Crippen LogP contribution in [0.2, 0.25) is 0 Å². The highest BCUT2D eigenvalue weighted by Crippen LogP contribution is 2.19. The fraction of sp³-hybridized carbons (Fsp3) is 0.222. The van der Waals surface area contributed by atoms with Gasteiger partial charge in [-0.25, -0.2) is 0 Å². The highest BCUT2D eigenvalue weighted by Gasteiger charge is 2.13. The van der Waals surface area contributed by atoms with Crippen LogP contribution in [0.25, 0.3) is 0 Å². The number of hydrogen-bond acceptors (Lipinski definition) is 2. The summed E-state index contributed by atoms with van der Waals surface area (Å²) in [6.45, 7) is 6.05. The first kappa shape index (κ1) is 14.8. The molecule has 0 heterocycles. The summed E-state index contributed by atoms with van der Waals surface area (Å²) in [6.07, 6.45) is 0. The minimum Gasteiger partial charge on any atom is -0.346 e. The van der Waals surface area contributed by atoms with Crippen molar-refractivity contribution in [3.8, 4) is 6.07 Å². The van der Waals surface area contributed by atoms with Crippen molar-refractivity contribution in [2.24, 2.45) is 0 Å². The second kappa shape index (κ2) is 6.23. The average Bonchev–Trinajstić information content (AvgIpc) is 2.47. The molecule has 0 bridgehead atoms. The number of nitrogens with one attached hydrogen (secondary N) is 1. The van der Waals surface area contributed by atoms with Crippen molar-refractivity contribution in [2.75, 3.05) is 0 Å². The largest absolute Gasteiger partial charge is 0.346 e. The second-order valence-corrected chi connectivity index (χ2v) is 5.25. The molecule has 0 aliphatic heterocycles. The van der Waals surface area contributed by atoms with Gasteiger partial charge in [-0.15, -0.1) is 0 Å². The fourth-order valence-corrected chi connectivity index (χ4v) is 2.40. The number of nitriles is 1. The molecule has 2 rings (SSSR count). The average molecular weight is 278 g/mol. The van der Waals surface area contributed by atoms with Gasteiger partial charge >= 0.3 is 0 Å². The molecule has 106 valence electrons. The molecule has 0 fully saturated rings. The summed E-state index contributed by atoms with van der Waals surface area (Å²) in [5.74, 6) is -0.167. The molecule has 0 spiro atoms. The van der Waals surface area contributed by atoms with Gasteiger partial charge in [0.2, 0.25) is 0 Å². The first-order valence-corrected chi connectivity index (χ1v) is 6.89. The molecular weight excluding hydrogens is 260 g/mol. The summed E-state index contributed by atoms with van der Waals surface area (Å²) in [7, 11) is 0. The van der Waals surface area contributed by atoms with Gasteiger partial charge in [0.05, 0.1) is 17.7 Å². The Bertz CT molecular complexity index is 713. The Morgan fingerprint density at radius 3 is 2.62 bits per heavy atom. The SMILES string of the molecule is Cc1ccc([C@H](C)NC(=O)c2cccc(C#N)c2)c(C)c1. The molecule has 0 saturated carbocycles. The first-order chi connectivity index (χ1) is 10.0. The normalized spacial score (nSPS) is 11.5. The van der Waals surface area contributed by atoms with E-state index in [1.54, 1.807) is 24.3 Å². The third-order valence-electron chi connectivity index (χ3n) is 3.49. The van der Waals surface area contributed by atoms with Crippen LogP contribution in [0.1, 0.15) is 45.6 Å². The lowest BCUT2D eigenvalue weighted by Crippen LogP contribution is -2.27. The van der Waals surface area contributed by atoms with Gasteiger partial charge < -0.3 is 5.32 Å². The molecule has 0 unspecified atom stereocenters. The van der Waals surface area contributed by atoms with E-state index >= 15 is 0 Å².